The molecule has 3 N–H and O–H groups in total. The fourth-order valence-corrected chi connectivity index (χ4v) is 3.96. The fraction of sp³-hybridized carbons (Fsp3) is 0.429. The summed E-state index contributed by atoms with van der Waals surface area (Å²) < 4.78 is 11.3. The summed E-state index contributed by atoms with van der Waals surface area (Å²) in [5, 5.41) is 19.7. The van der Waals surface area contributed by atoms with Crippen molar-refractivity contribution in [2.75, 3.05) is 19.9 Å². The zero-order valence-corrected chi connectivity index (χ0v) is 18.6. The van der Waals surface area contributed by atoms with E-state index in [-0.39, 0.29) is 17.3 Å². The first-order chi connectivity index (χ1) is 16.1. The number of nitrogens with zero attached hydrogens (tertiary/aromatic N) is 7. The van der Waals surface area contributed by atoms with Crippen molar-refractivity contribution in [1.29, 1.82) is 0 Å². The van der Waals surface area contributed by atoms with Gasteiger partial charge in [-0.3, -0.25) is 9.69 Å². The number of nitrogen functional groups attached to an aromatic ring is 1. The number of nitrogens with two attached hydrogens (primary N) is 1. The van der Waals surface area contributed by atoms with Crippen molar-refractivity contribution in [2.24, 2.45) is 5.10 Å². The molecule has 0 spiro atoms. The topological polar surface area (TPSA) is 150 Å². The van der Waals surface area contributed by atoms with Crippen molar-refractivity contribution < 1.29 is 14.2 Å². The maximum Gasteiger partial charge on any atom is 0.293 e. The van der Waals surface area contributed by atoms with E-state index in [0.717, 1.165) is 18.4 Å². The summed E-state index contributed by atoms with van der Waals surface area (Å²) in [4.78, 5) is 15.1. The van der Waals surface area contributed by atoms with Gasteiger partial charge in [0.25, 0.3) is 5.91 Å². The van der Waals surface area contributed by atoms with Crippen LogP contribution < -0.4 is 15.9 Å². The highest BCUT2D eigenvalue weighted by Gasteiger charge is 2.27. The number of benzene rings is 1. The first-order valence-electron chi connectivity index (χ1n) is 10.8. The largest absolute Gasteiger partial charge is 0.497 e. The lowest BCUT2D eigenvalue weighted by molar-refractivity contribution is 0.0947. The highest BCUT2D eigenvalue weighted by atomic mass is 16.6. The first-order valence-corrected chi connectivity index (χ1v) is 10.8. The Hall–Kier alpha value is -3.80. The van der Waals surface area contributed by atoms with Crippen LogP contribution in [0.3, 0.4) is 0 Å². The SMILES string of the molecule is COc1cccc(/C=N/NC(=O)c2nnn(-c3nonc3N)c2CN(C)C2CCCCC2)c1. The van der Waals surface area contributed by atoms with Gasteiger partial charge in [-0.05, 0) is 47.9 Å². The van der Waals surface area contributed by atoms with E-state index < -0.39 is 5.91 Å². The Morgan fingerprint density at radius 3 is 2.91 bits per heavy atom. The van der Waals surface area contributed by atoms with E-state index in [9.17, 15) is 4.79 Å². The Bertz CT molecular complexity index is 1120. The van der Waals surface area contributed by atoms with Gasteiger partial charge >= 0.3 is 0 Å². The number of amides is 1. The number of rotatable bonds is 8. The summed E-state index contributed by atoms with van der Waals surface area (Å²) in [6.45, 7) is 0.423. The second kappa shape index (κ2) is 10.2. The Morgan fingerprint density at radius 2 is 2.18 bits per heavy atom. The molecule has 1 saturated carbocycles. The number of ether oxygens (including phenoxy) is 1. The van der Waals surface area contributed by atoms with Crippen molar-refractivity contribution in [3.8, 4) is 11.6 Å². The van der Waals surface area contributed by atoms with Crippen LogP contribution in [0, 0.1) is 0 Å². The number of hydrazone groups is 1. The summed E-state index contributed by atoms with van der Waals surface area (Å²) in [7, 11) is 3.62. The van der Waals surface area contributed by atoms with Crippen LogP contribution in [0.2, 0.25) is 0 Å². The van der Waals surface area contributed by atoms with Crippen molar-refractivity contribution in [3.63, 3.8) is 0 Å². The molecule has 0 radical (unpaired) electrons. The maximum atomic E-state index is 12.9. The first kappa shape index (κ1) is 22.4. The Balaban J connectivity index is 1.56. The number of aromatic nitrogens is 5. The molecule has 174 valence electrons. The smallest absolute Gasteiger partial charge is 0.293 e. The van der Waals surface area contributed by atoms with E-state index in [1.54, 1.807) is 13.2 Å². The van der Waals surface area contributed by atoms with Crippen LogP contribution in [0.4, 0.5) is 5.82 Å². The van der Waals surface area contributed by atoms with Crippen LogP contribution in [0.1, 0.15) is 53.8 Å². The molecule has 4 rings (SSSR count). The van der Waals surface area contributed by atoms with E-state index in [1.807, 2.05) is 25.2 Å². The minimum absolute atomic E-state index is 0.0597. The lowest BCUT2D eigenvalue weighted by Gasteiger charge is -2.31. The van der Waals surface area contributed by atoms with E-state index in [0.29, 0.717) is 24.0 Å². The van der Waals surface area contributed by atoms with Gasteiger partial charge in [0.2, 0.25) is 11.6 Å². The van der Waals surface area contributed by atoms with Gasteiger partial charge in [-0.15, -0.1) is 5.10 Å². The lowest BCUT2D eigenvalue weighted by Crippen LogP contribution is -2.34. The summed E-state index contributed by atoms with van der Waals surface area (Å²) in [5.74, 6) is 0.445. The normalized spacial score (nSPS) is 14.8. The van der Waals surface area contributed by atoms with Crippen LogP contribution in [0.15, 0.2) is 34.0 Å². The highest BCUT2D eigenvalue weighted by molar-refractivity contribution is 5.94. The zero-order valence-electron chi connectivity index (χ0n) is 18.6. The van der Waals surface area contributed by atoms with Gasteiger partial charge in [0.05, 0.1) is 19.0 Å². The van der Waals surface area contributed by atoms with Crippen LogP contribution in [0.25, 0.3) is 5.82 Å². The number of carbonyl (C=O) groups is 1. The van der Waals surface area contributed by atoms with Crippen molar-refractivity contribution in [1.82, 2.24) is 35.6 Å². The van der Waals surface area contributed by atoms with E-state index in [1.165, 1.54) is 30.2 Å². The molecule has 1 aromatic carbocycles. The molecule has 0 bridgehead atoms. The van der Waals surface area contributed by atoms with Crippen molar-refractivity contribution in [2.45, 2.75) is 44.7 Å². The zero-order chi connectivity index (χ0) is 23.2. The Kier molecular flexibility index (Phi) is 6.93. The molecule has 0 aliphatic heterocycles. The third-order valence-electron chi connectivity index (χ3n) is 5.75. The summed E-state index contributed by atoms with van der Waals surface area (Å²) in [5.41, 5.74) is 9.81. The van der Waals surface area contributed by atoms with Gasteiger partial charge in [-0.1, -0.05) is 36.6 Å². The van der Waals surface area contributed by atoms with Gasteiger partial charge < -0.3 is 10.5 Å². The van der Waals surface area contributed by atoms with E-state index in [2.05, 4.69) is 36.1 Å². The molecule has 0 saturated heterocycles. The average molecular weight is 454 g/mol. The molecule has 2 aromatic heterocycles. The predicted octanol–water partition coefficient (Wildman–Crippen LogP) is 1.77. The number of nitrogens with one attached hydrogen (secondary N) is 1. The van der Waals surface area contributed by atoms with Crippen LogP contribution in [-0.2, 0) is 6.54 Å². The minimum Gasteiger partial charge on any atom is -0.497 e. The quantitative estimate of drug-likeness (QED) is 0.384. The fourth-order valence-electron chi connectivity index (χ4n) is 3.96. The van der Waals surface area contributed by atoms with Crippen molar-refractivity contribution in [3.05, 3.63) is 41.2 Å². The maximum absolute atomic E-state index is 12.9. The third-order valence-corrected chi connectivity index (χ3v) is 5.75. The predicted molar refractivity (Wildman–Crippen MR) is 120 cm³/mol. The molecule has 12 nitrogen and oxygen atoms in total. The minimum atomic E-state index is -0.498. The molecule has 0 unspecified atom stereocenters. The van der Waals surface area contributed by atoms with Crippen LogP contribution in [-0.4, -0.2) is 62.5 Å². The standard InChI is InChI=1S/C21H27N9O3/c1-29(15-8-4-3-5-9-15)13-17-18(24-28-30(17)20-19(22)26-33-27-20)21(31)25-23-12-14-7-6-10-16(11-14)32-2/h6-7,10-12,15H,3-5,8-9,13H2,1-2H3,(H2,22,26)(H,25,31)/b23-12+. The number of carbonyl (C=O) groups excluding carboxylic acids is 1. The number of hydrogen-bond acceptors (Lipinski definition) is 10. The number of methoxy groups -OCH3 is 1. The Morgan fingerprint density at radius 1 is 1.36 bits per heavy atom. The van der Waals surface area contributed by atoms with Gasteiger partial charge in [-0.2, -0.15) is 9.78 Å². The molecule has 12 heteroatoms. The van der Waals surface area contributed by atoms with Crippen LogP contribution in [0.5, 0.6) is 5.75 Å². The van der Waals surface area contributed by atoms with Crippen LogP contribution >= 0.6 is 0 Å². The van der Waals surface area contributed by atoms with Gasteiger partial charge in [0.15, 0.2) is 5.69 Å². The molecule has 0 atom stereocenters. The van der Waals surface area contributed by atoms with E-state index in [4.69, 9.17) is 15.1 Å². The molecule has 1 fully saturated rings. The summed E-state index contributed by atoms with van der Waals surface area (Å²) >= 11 is 0. The second-order valence-electron chi connectivity index (χ2n) is 7.95. The lowest BCUT2D eigenvalue weighted by atomic mass is 9.94. The number of anilines is 1. The summed E-state index contributed by atoms with van der Waals surface area (Å²) in [6.07, 6.45) is 7.39. The highest BCUT2D eigenvalue weighted by Crippen LogP contribution is 2.24. The molecular formula is C21H27N9O3. The van der Waals surface area contributed by atoms with E-state index >= 15 is 0 Å². The van der Waals surface area contributed by atoms with Crippen molar-refractivity contribution >= 4 is 17.9 Å². The van der Waals surface area contributed by atoms with Gasteiger partial charge in [0.1, 0.15) is 5.75 Å². The van der Waals surface area contributed by atoms with Gasteiger partial charge in [0, 0.05) is 12.6 Å². The molecule has 33 heavy (non-hydrogen) atoms. The van der Waals surface area contributed by atoms with Gasteiger partial charge in [-0.25, -0.2) is 10.1 Å². The Labute approximate surface area is 190 Å². The molecule has 1 aliphatic carbocycles. The number of hydrogen-bond donors (Lipinski definition) is 2. The molecule has 1 aliphatic rings. The molecule has 1 amide bonds. The monoisotopic (exact) mass is 453 g/mol. The average Bonchev–Trinajstić information content (AvgIpc) is 3.45. The second-order valence-corrected chi connectivity index (χ2v) is 7.95. The molecular weight excluding hydrogens is 426 g/mol. The molecule has 3 aromatic rings. The third kappa shape index (κ3) is 5.17. The summed E-state index contributed by atoms with van der Waals surface area (Å²) in [6, 6.07) is 7.73. The molecule has 2 heterocycles.